The van der Waals surface area contributed by atoms with Crippen molar-refractivity contribution in [1.82, 2.24) is 24.3 Å². The van der Waals surface area contributed by atoms with E-state index in [0.29, 0.717) is 6.07 Å². The predicted octanol–water partition coefficient (Wildman–Crippen LogP) is 4.51. The lowest BCUT2D eigenvalue weighted by Crippen LogP contribution is -2.51. The number of morpholine rings is 1. The first kappa shape index (κ1) is 32.8. The van der Waals surface area contributed by atoms with Crippen LogP contribution in [0.2, 0.25) is 5.15 Å². The van der Waals surface area contributed by atoms with E-state index < -0.39 is 47.4 Å². The largest absolute Gasteiger partial charge is 0.493 e. The first-order chi connectivity index (χ1) is 21.7. The number of aliphatic hydroxyl groups excluding tert-OH is 1. The SMILES string of the molecule is CCOc1cc(C(=O)Nc2cc(C(F)(F)F)ccn2)cc(F)c1-c1nc([C@H]2CN(C(=O)C(C)O)[C@@H](C)CO2)n2c(Cl)cnc(N)c12. The zero-order valence-corrected chi connectivity index (χ0v) is 25.4. The average molecular weight is 666 g/mol. The maximum Gasteiger partial charge on any atom is 0.416 e. The number of anilines is 2. The lowest BCUT2D eigenvalue weighted by Gasteiger charge is -2.38. The highest BCUT2D eigenvalue weighted by molar-refractivity contribution is 6.30. The minimum Gasteiger partial charge on any atom is -0.493 e. The van der Waals surface area contributed by atoms with Crippen LogP contribution in [0.25, 0.3) is 16.8 Å². The number of amides is 2. The number of hydrogen-bond donors (Lipinski definition) is 3. The number of imidazole rings is 1. The summed E-state index contributed by atoms with van der Waals surface area (Å²) in [6, 6.07) is 3.09. The van der Waals surface area contributed by atoms with Crippen LogP contribution in [0.4, 0.5) is 29.2 Å². The molecule has 12 nitrogen and oxygen atoms in total. The summed E-state index contributed by atoms with van der Waals surface area (Å²) >= 11 is 6.53. The molecule has 0 radical (unpaired) electrons. The average Bonchev–Trinajstić information content (AvgIpc) is 3.40. The summed E-state index contributed by atoms with van der Waals surface area (Å²) in [4.78, 5) is 39.6. The topological polar surface area (TPSA) is 157 Å². The number of pyridine rings is 1. The van der Waals surface area contributed by atoms with Gasteiger partial charge >= 0.3 is 6.18 Å². The Bertz CT molecular complexity index is 1820. The molecule has 1 fully saturated rings. The number of halogens is 5. The molecule has 0 saturated carbocycles. The zero-order chi connectivity index (χ0) is 33.5. The van der Waals surface area contributed by atoms with Crippen molar-refractivity contribution >= 4 is 40.6 Å². The Morgan fingerprint density at radius 1 is 1.28 bits per heavy atom. The van der Waals surface area contributed by atoms with E-state index >= 15 is 4.39 Å². The van der Waals surface area contributed by atoms with E-state index in [0.717, 1.165) is 18.3 Å². The van der Waals surface area contributed by atoms with Crippen LogP contribution in [0.5, 0.6) is 5.75 Å². The second kappa shape index (κ2) is 12.7. The van der Waals surface area contributed by atoms with Gasteiger partial charge in [0.25, 0.3) is 11.8 Å². The molecule has 0 aliphatic carbocycles. The minimum absolute atomic E-state index is 0.0223. The highest BCUT2D eigenvalue weighted by Gasteiger charge is 2.36. The summed E-state index contributed by atoms with van der Waals surface area (Å²) in [6.45, 7) is 4.82. The van der Waals surface area contributed by atoms with Crippen molar-refractivity contribution in [2.45, 2.75) is 45.2 Å². The van der Waals surface area contributed by atoms with Gasteiger partial charge in [-0.3, -0.25) is 14.0 Å². The summed E-state index contributed by atoms with van der Waals surface area (Å²) in [5, 5.41) is 12.2. The highest BCUT2D eigenvalue weighted by atomic mass is 35.5. The maximum absolute atomic E-state index is 16.1. The van der Waals surface area contributed by atoms with Crippen molar-refractivity contribution in [2.24, 2.45) is 0 Å². The van der Waals surface area contributed by atoms with Crippen molar-refractivity contribution in [3.05, 3.63) is 64.6 Å². The molecule has 5 rings (SSSR count). The van der Waals surface area contributed by atoms with Gasteiger partial charge in [-0.05, 0) is 45.0 Å². The Hall–Kier alpha value is -4.54. The number of hydrogen-bond acceptors (Lipinski definition) is 9. The van der Waals surface area contributed by atoms with Crippen LogP contribution in [0.15, 0.2) is 36.7 Å². The molecule has 0 spiro atoms. The number of nitrogens with zero attached hydrogens (tertiary/aromatic N) is 5. The van der Waals surface area contributed by atoms with Crippen LogP contribution in [0.1, 0.15) is 48.6 Å². The van der Waals surface area contributed by atoms with Crippen LogP contribution in [-0.4, -0.2) is 73.1 Å². The molecule has 1 saturated heterocycles. The maximum atomic E-state index is 16.1. The van der Waals surface area contributed by atoms with Gasteiger partial charge in [0, 0.05) is 11.8 Å². The van der Waals surface area contributed by atoms with Gasteiger partial charge in [0.15, 0.2) is 0 Å². The third-order valence-electron chi connectivity index (χ3n) is 7.21. The van der Waals surface area contributed by atoms with Gasteiger partial charge in [0.05, 0.1) is 43.1 Å². The van der Waals surface area contributed by atoms with Crippen LogP contribution in [0, 0.1) is 5.82 Å². The third kappa shape index (κ3) is 6.27. The Morgan fingerprint density at radius 3 is 2.70 bits per heavy atom. The lowest BCUT2D eigenvalue weighted by molar-refractivity contribution is -0.152. The molecule has 3 atom stereocenters. The summed E-state index contributed by atoms with van der Waals surface area (Å²) < 4.78 is 68.6. The van der Waals surface area contributed by atoms with Crippen LogP contribution in [0.3, 0.4) is 0 Å². The van der Waals surface area contributed by atoms with Gasteiger partial charge in [0.2, 0.25) is 0 Å². The Kier molecular flexibility index (Phi) is 9.06. The quantitative estimate of drug-likeness (QED) is 0.242. The first-order valence-electron chi connectivity index (χ1n) is 13.9. The molecule has 3 aromatic heterocycles. The number of rotatable bonds is 7. The van der Waals surface area contributed by atoms with Crippen molar-refractivity contribution in [2.75, 3.05) is 30.8 Å². The molecule has 1 aliphatic rings. The number of benzene rings is 1. The predicted molar refractivity (Wildman–Crippen MR) is 158 cm³/mol. The number of nitrogen functional groups attached to an aromatic ring is 1. The fourth-order valence-electron chi connectivity index (χ4n) is 5.06. The lowest BCUT2D eigenvalue weighted by atomic mass is 10.0. The van der Waals surface area contributed by atoms with Crippen molar-refractivity contribution < 1.29 is 41.7 Å². The zero-order valence-electron chi connectivity index (χ0n) is 24.6. The van der Waals surface area contributed by atoms with Crippen molar-refractivity contribution in [3.63, 3.8) is 0 Å². The number of carbonyl (C=O) groups is 2. The Labute approximate surface area is 264 Å². The number of ether oxygens (including phenoxy) is 2. The molecule has 244 valence electrons. The monoisotopic (exact) mass is 665 g/mol. The van der Waals surface area contributed by atoms with Gasteiger partial charge in [-0.25, -0.2) is 19.3 Å². The molecule has 1 aliphatic heterocycles. The van der Waals surface area contributed by atoms with Crippen molar-refractivity contribution in [3.8, 4) is 17.0 Å². The van der Waals surface area contributed by atoms with E-state index in [2.05, 4.69) is 20.3 Å². The summed E-state index contributed by atoms with van der Waals surface area (Å²) in [5.41, 5.74) is 4.74. The van der Waals surface area contributed by atoms with E-state index in [1.807, 2.05) is 0 Å². The molecule has 17 heteroatoms. The normalized spacial score (nSPS) is 17.6. The first-order valence-corrected chi connectivity index (χ1v) is 14.3. The second-order valence-corrected chi connectivity index (χ2v) is 10.8. The minimum atomic E-state index is -4.67. The van der Waals surface area contributed by atoms with Crippen LogP contribution >= 0.6 is 11.6 Å². The molecule has 4 heterocycles. The molecule has 1 aromatic carbocycles. The van der Waals surface area contributed by atoms with E-state index in [4.69, 9.17) is 26.8 Å². The number of fused-ring (bicyclic) bond motifs is 1. The van der Waals surface area contributed by atoms with Crippen molar-refractivity contribution in [1.29, 1.82) is 0 Å². The van der Waals surface area contributed by atoms with Gasteiger partial charge < -0.3 is 30.5 Å². The highest BCUT2D eigenvalue weighted by Crippen LogP contribution is 2.41. The van der Waals surface area contributed by atoms with Gasteiger partial charge in [0.1, 0.15) is 57.6 Å². The van der Waals surface area contributed by atoms with Crippen LogP contribution < -0.4 is 15.8 Å². The van der Waals surface area contributed by atoms with Crippen LogP contribution in [-0.2, 0) is 15.7 Å². The molecule has 4 N–H and O–H groups in total. The summed E-state index contributed by atoms with van der Waals surface area (Å²) in [5.74, 6) is -2.93. The van der Waals surface area contributed by atoms with Gasteiger partial charge in [-0.2, -0.15) is 13.2 Å². The fourth-order valence-corrected chi connectivity index (χ4v) is 5.28. The molecule has 2 amide bonds. The van der Waals surface area contributed by atoms with Gasteiger partial charge in [-0.15, -0.1) is 0 Å². The molecule has 0 bridgehead atoms. The standard InChI is InChI=1S/C29H28ClF4N7O5/c1-4-45-18-8-15(27(43)38-21-9-16(5-6-36-21)29(32,33)34)7-17(31)22(18)23-24-25(35)37-10-20(30)41(24)26(39-23)19-11-40(13(2)12-46-19)28(44)14(3)42/h5-10,13-14,19,42H,4,11-12H2,1-3H3,(H2,35,37)(H,36,38,43)/t13-,14?,19+/m0/s1. The summed E-state index contributed by atoms with van der Waals surface area (Å²) in [6.07, 6.45) is -4.67. The molecule has 1 unspecified atom stereocenters. The van der Waals surface area contributed by atoms with E-state index in [9.17, 15) is 27.9 Å². The van der Waals surface area contributed by atoms with E-state index in [-0.39, 0.29) is 70.7 Å². The van der Waals surface area contributed by atoms with Gasteiger partial charge in [-0.1, -0.05) is 11.6 Å². The molecule has 46 heavy (non-hydrogen) atoms. The number of nitrogens with one attached hydrogen (secondary N) is 1. The molecular weight excluding hydrogens is 638 g/mol. The van der Waals surface area contributed by atoms with E-state index in [1.54, 1.807) is 13.8 Å². The molecule has 4 aromatic rings. The smallest absolute Gasteiger partial charge is 0.416 e. The number of nitrogens with two attached hydrogens (primary N) is 1. The number of aromatic nitrogens is 4. The second-order valence-electron chi connectivity index (χ2n) is 10.5. The summed E-state index contributed by atoms with van der Waals surface area (Å²) in [7, 11) is 0. The number of aliphatic hydroxyl groups is 1. The van der Waals surface area contributed by atoms with E-state index in [1.165, 1.54) is 28.5 Å². The fraction of sp³-hybridized carbons (Fsp3) is 0.345. The third-order valence-corrected chi connectivity index (χ3v) is 7.48. The Morgan fingerprint density at radius 2 is 2.02 bits per heavy atom. The number of carbonyl (C=O) groups excluding carboxylic acids is 2. The Balaban J connectivity index is 1.59. The number of alkyl halides is 3. The molecular formula is C29H28ClF4N7O5.